The highest BCUT2D eigenvalue weighted by Gasteiger charge is 2.23. The highest BCUT2D eigenvalue weighted by Crippen LogP contribution is 2.25. The minimum Gasteiger partial charge on any atom is -0.336 e. The van der Waals surface area contributed by atoms with Crippen LogP contribution in [0.5, 0.6) is 0 Å². The number of nitrogens with one attached hydrogen (secondary N) is 1. The number of benzene rings is 1. The number of carbonyl (C=O) groups excluding carboxylic acids is 1. The zero-order chi connectivity index (χ0) is 25.1. The summed E-state index contributed by atoms with van der Waals surface area (Å²) in [5.41, 5.74) is 2.29. The Morgan fingerprint density at radius 1 is 1.17 bits per heavy atom. The van der Waals surface area contributed by atoms with Crippen LogP contribution in [0.25, 0.3) is 11.5 Å². The number of aliphatic imine (C=N–C) groups is 2. The van der Waals surface area contributed by atoms with Crippen LogP contribution in [0.3, 0.4) is 0 Å². The molecule has 184 valence electrons. The molecule has 0 atom stereocenters. The molecule has 0 aliphatic carbocycles. The van der Waals surface area contributed by atoms with E-state index < -0.39 is 11.7 Å². The molecule has 3 aromatic rings. The Labute approximate surface area is 208 Å². The first-order chi connectivity index (χ1) is 17.6. The molecular weight excluding hydrogens is 459 g/mol. The first kappa shape index (κ1) is 23.5. The van der Waals surface area contributed by atoms with Gasteiger partial charge in [0.15, 0.2) is 5.82 Å². The van der Waals surface area contributed by atoms with E-state index in [9.17, 15) is 9.18 Å². The molecule has 1 aromatic carbocycles. The molecule has 0 radical (unpaired) electrons. The van der Waals surface area contributed by atoms with E-state index in [2.05, 4.69) is 41.8 Å². The largest absolute Gasteiger partial charge is 0.336 e. The number of aryl methyl sites for hydroxylation is 1. The lowest BCUT2D eigenvalue weighted by atomic mass is 9.96. The third kappa shape index (κ3) is 4.66. The van der Waals surface area contributed by atoms with Gasteiger partial charge in [-0.2, -0.15) is 0 Å². The monoisotopic (exact) mass is 486 g/mol. The fraction of sp³-hybridized carbons (Fsp3) is 0.308. The van der Waals surface area contributed by atoms with Gasteiger partial charge in [0.25, 0.3) is 5.91 Å². The van der Waals surface area contributed by atoms with Gasteiger partial charge >= 0.3 is 0 Å². The number of amides is 1. The quantitative estimate of drug-likeness (QED) is 0.444. The van der Waals surface area contributed by atoms with Crippen molar-refractivity contribution < 1.29 is 9.18 Å². The van der Waals surface area contributed by atoms with Crippen molar-refractivity contribution in [3.05, 3.63) is 70.9 Å². The summed E-state index contributed by atoms with van der Waals surface area (Å²) in [6.45, 7) is 7.41. The lowest BCUT2D eigenvalue weighted by molar-refractivity contribution is 0.102. The van der Waals surface area contributed by atoms with E-state index >= 15 is 0 Å². The maximum atomic E-state index is 14.9. The molecule has 4 heterocycles. The summed E-state index contributed by atoms with van der Waals surface area (Å²) >= 11 is 0. The first-order valence-corrected chi connectivity index (χ1v) is 12.0. The van der Waals surface area contributed by atoms with Crippen molar-refractivity contribution in [2.45, 2.75) is 45.7 Å². The van der Waals surface area contributed by atoms with Crippen LogP contribution >= 0.6 is 0 Å². The number of guanidine groups is 1. The molecule has 1 N–H and O–H groups in total. The van der Waals surface area contributed by atoms with E-state index in [4.69, 9.17) is 0 Å². The Hall–Kier alpha value is -4.21. The number of rotatable bonds is 4. The zero-order valence-electron chi connectivity index (χ0n) is 20.1. The van der Waals surface area contributed by atoms with Gasteiger partial charge in [-0.1, -0.05) is 12.1 Å². The van der Waals surface area contributed by atoms with E-state index in [0.29, 0.717) is 42.8 Å². The van der Waals surface area contributed by atoms with Crippen LogP contribution in [0, 0.1) is 5.82 Å². The summed E-state index contributed by atoms with van der Waals surface area (Å²) in [7, 11) is 0. The SMILES string of the molecule is C=NC(=N/C=C\C)N1CCc2cc(F)c(C(=O)Nc3cccc(-c4nnc5n4CCCC5)n3)cc2C1. The third-order valence-corrected chi connectivity index (χ3v) is 6.39. The fourth-order valence-corrected chi connectivity index (χ4v) is 4.60. The van der Waals surface area contributed by atoms with Gasteiger partial charge in [-0.15, -0.1) is 10.2 Å². The van der Waals surface area contributed by atoms with Gasteiger partial charge in [0.05, 0.1) is 5.56 Å². The molecule has 0 unspecified atom stereocenters. The van der Waals surface area contributed by atoms with Gasteiger partial charge in [0.1, 0.15) is 23.2 Å². The number of halogens is 1. The summed E-state index contributed by atoms with van der Waals surface area (Å²) in [5, 5.41) is 11.3. The predicted octanol–water partition coefficient (Wildman–Crippen LogP) is 4.02. The summed E-state index contributed by atoms with van der Waals surface area (Å²) in [4.78, 5) is 27.9. The molecule has 0 bridgehead atoms. The van der Waals surface area contributed by atoms with Crippen molar-refractivity contribution in [1.29, 1.82) is 0 Å². The minimum absolute atomic E-state index is 0.0406. The van der Waals surface area contributed by atoms with Crippen molar-refractivity contribution in [1.82, 2.24) is 24.6 Å². The van der Waals surface area contributed by atoms with Crippen LogP contribution in [0.15, 0.2) is 52.6 Å². The summed E-state index contributed by atoms with van der Waals surface area (Å²) < 4.78 is 17.0. The van der Waals surface area contributed by atoms with Gasteiger partial charge in [0, 0.05) is 32.3 Å². The Bertz CT molecular complexity index is 1380. The number of nitrogens with zero attached hydrogens (tertiary/aromatic N) is 7. The Balaban J connectivity index is 1.37. The molecule has 2 aliphatic rings. The number of allylic oxidation sites excluding steroid dienone is 1. The highest BCUT2D eigenvalue weighted by atomic mass is 19.1. The summed E-state index contributed by atoms with van der Waals surface area (Å²) in [5.74, 6) is 1.30. The lowest BCUT2D eigenvalue weighted by Crippen LogP contribution is -2.35. The molecule has 36 heavy (non-hydrogen) atoms. The average molecular weight is 487 g/mol. The van der Waals surface area contributed by atoms with Gasteiger partial charge in [-0.05, 0) is 68.3 Å². The smallest absolute Gasteiger partial charge is 0.259 e. The van der Waals surface area contributed by atoms with Crippen LogP contribution < -0.4 is 5.32 Å². The van der Waals surface area contributed by atoms with E-state index in [1.807, 2.05) is 24.0 Å². The maximum Gasteiger partial charge on any atom is 0.259 e. The van der Waals surface area contributed by atoms with Crippen LogP contribution in [-0.4, -0.2) is 49.8 Å². The normalized spacial score (nSPS) is 15.5. The number of fused-ring (bicyclic) bond motifs is 2. The first-order valence-electron chi connectivity index (χ1n) is 12.0. The van der Waals surface area contributed by atoms with Gasteiger partial charge in [-0.3, -0.25) is 4.79 Å². The molecule has 1 amide bonds. The second-order valence-corrected chi connectivity index (χ2v) is 8.75. The highest BCUT2D eigenvalue weighted by molar-refractivity contribution is 6.04. The number of anilines is 1. The second-order valence-electron chi connectivity index (χ2n) is 8.75. The minimum atomic E-state index is -0.565. The van der Waals surface area contributed by atoms with Crippen LogP contribution in [0.4, 0.5) is 10.2 Å². The van der Waals surface area contributed by atoms with Crippen molar-refractivity contribution in [3.8, 4) is 11.5 Å². The number of carbonyl (C=O) groups is 1. The number of hydrogen-bond acceptors (Lipinski definition) is 5. The van der Waals surface area contributed by atoms with E-state index in [1.165, 1.54) is 6.07 Å². The lowest BCUT2D eigenvalue weighted by Gasteiger charge is -2.29. The predicted molar refractivity (Wildman–Crippen MR) is 136 cm³/mol. The van der Waals surface area contributed by atoms with Gasteiger partial charge in [0.2, 0.25) is 5.96 Å². The van der Waals surface area contributed by atoms with Gasteiger partial charge < -0.3 is 14.8 Å². The van der Waals surface area contributed by atoms with E-state index in [-0.39, 0.29) is 5.56 Å². The summed E-state index contributed by atoms with van der Waals surface area (Å²) in [6.07, 6.45) is 7.13. The molecule has 2 aromatic heterocycles. The topological polar surface area (TPSA) is 101 Å². The summed E-state index contributed by atoms with van der Waals surface area (Å²) in [6, 6.07) is 8.33. The van der Waals surface area contributed by atoms with E-state index in [0.717, 1.165) is 42.8 Å². The molecule has 0 saturated heterocycles. The molecule has 0 spiro atoms. The number of pyridine rings is 1. The number of hydrogen-bond donors (Lipinski definition) is 1. The molecular formula is C26H27FN8O. The van der Waals surface area contributed by atoms with Crippen LogP contribution in [0.1, 0.15) is 47.1 Å². The van der Waals surface area contributed by atoms with Crippen molar-refractivity contribution in [3.63, 3.8) is 0 Å². The fourth-order valence-electron chi connectivity index (χ4n) is 4.60. The molecule has 2 aliphatic heterocycles. The van der Waals surface area contributed by atoms with Crippen molar-refractivity contribution in [2.24, 2.45) is 9.98 Å². The molecule has 10 heteroatoms. The molecule has 0 fully saturated rings. The number of aromatic nitrogens is 4. The van der Waals surface area contributed by atoms with Crippen molar-refractivity contribution in [2.75, 3.05) is 11.9 Å². The second kappa shape index (κ2) is 10.2. The maximum absolute atomic E-state index is 14.9. The molecule has 0 saturated carbocycles. The Morgan fingerprint density at radius 2 is 2.06 bits per heavy atom. The molecule has 5 rings (SSSR count). The standard InChI is InChI=1S/C26H27FN8O/c1-3-11-29-26(28-2)34-13-10-17-15-20(27)19(14-18(17)16-34)25(36)31-22-8-6-7-21(30-22)24-33-32-23-9-4-5-12-35(23)24/h3,6-8,11,14-15H,2,4-5,9-10,12-13,16H2,1H3,(H,30,31,36)/b11-3-,29-26?. The zero-order valence-corrected chi connectivity index (χ0v) is 20.1. The Morgan fingerprint density at radius 3 is 2.89 bits per heavy atom. The van der Waals surface area contributed by atoms with Crippen LogP contribution in [-0.2, 0) is 25.9 Å². The van der Waals surface area contributed by atoms with Crippen molar-refractivity contribution >= 4 is 24.4 Å². The van der Waals surface area contributed by atoms with Gasteiger partial charge in [-0.25, -0.2) is 19.4 Å². The Kier molecular flexibility index (Phi) is 6.66. The van der Waals surface area contributed by atoms with Crippen LogP contribution in [0.2, 0.25) is 0 Å². The van der Waals surface area contributed by atoms with E-state index in [1.54, 1.807) is 24.4 Å². The average Bonchev–Trinajstić information content (AvgIpc) is 3.33. The third-order valence-electron chi connectivity index (χ3n) is 6.39. The molecule has 9 nitrogen and oxygen atoms in total.